The van der Waals surface area contributed by atoms with Gasteiger partial charge in [-0.2, -0.15) is 13.2 Å². The molecule has 0 bridgehead atoms. The average Bonchev–Trinajstić information content (AvgIpc) is 3.23. The molecule has 170 valence electrons. The second kappa shape index (κ2) is 8.95. The Balaban J connectivity index is 1.41. The number of fused-ring (bicyclic) bond motifs is 1. The van der Waals surface area contributed by atoms with E-state index in [1.54, 1.807) is 6.07 Å². The van der Waals surface area contributed by atoms with E-state index in [0.717, 1.165) is 54.5 Å². The Morgan fingerprint density at radius 1 is 1.19 bits per heavy atom. The molecule has 0 aliphatic carbocycles. The molecule has 1 N–H and O–H groups in total. The maximum Gasteiger partial charge on any atom is 0.425 e. The summed E-state index contributed by atoms with van der Waals surface area (Å²) < 4.78 is 43.2. The van der Waals surface area contributed by atoms with Gasteiger partial charge in [0.05, 0.1) is 5.52 Å². The lowest BCUT2D eigenvalue weighted by Crippen LogP contribution is -2.44. The van der Waals surface area contributed by atoms with E-state index in [0.29, 0.717) is 17.0 Å². The van der Waals surface area contributed by atoms with Gasteiger partial charge in [0.25, 0.3) is 5.91 Å². The molecule has 6 nitrogen and oxygen atoms in total. The molecular formula is C22H23F3N4O2S. The minimum atomic E-state index is -4.42. The molecule has 0 atom stereocenters. The first kappa shape index (κ1) is 22.3. The Morgan fingerprint density at radius 2 is 1.94 bits per heavy atom. The highest BCUT2D eigenvalue weighted by molar-refractivity contribution is 7.10. The smallest absolute Gasteiger partial charge is 0.425 e. The number of anilines is 2. The number of ether oxygens (including phenoxy) is 1. The number of piperazine rings is 1. The molecule has 1 aliphatic rings. The number of nitrogens with zero attached hydrogens (tertiary/aromatic N) is 3. The highest BCUT2D eigenvalue weighted by atomic mass is 32.1. The molecule has 0 saturated carbocycles. The molecule has 1 aromatic carbocycles. The van der Waals surface area contributed by atoms with Gasteiger partial charge in [-0.1, -0.05) is 0 Å². The van der Waals surface area contributed by atoms with Gasteiger partial charge in [-0.05, 0) is 43.8 Å². The summed E-state index contributed by atoms with van der Waals surface area (Å²) >= 11 is 0.532. The summed E-state index contributed by atoms with van der Waals surface area (Å²) in [6, 6.07) is 8.40. The van der Waals surface area contributed by atoms with E-state index in [9.17, 15) is 18.0 Å². The van der Waals surface area contributed by atoms with E-state index in [-0.39, 0.29) is 12.4 Å². The molecule has 0 spiro atoms. The molecule has 32 heavy (non-hydrogen) atoms. The van der Waals surface area contributed by atoms with Gasteiger partial charge in [0.15, 0.2) is 6.61 Å². The first-order valence-electron chi connectivity index (χ1n) is 10.1. The zero-order valence-corrected chi connectivity index (χ0v) is 18.5. The molecule has 0 radical (unpaired) electrons. The van der Waals surface area contributed by atoms with Crippen LogP contribution in [-0.2, 0) is 11.0 Å². The number of hydrogen-bond donors (Lipinski definition) is 1. The van der Waals surface area contributed by atoms with Crippen molar-refractivity contribution in [2.45, 2.75) is 13.1 Å². The number of aromatic nitrogens is 1. The van der Waals surface area contributed by atoms with Crippen molar-refractivity contribution < 1.29 is 22.7 Å². The lowest BCUT2D eigenvalue weighted by molar-refractivity contribution is -0.134. The van der Waals surface area contributed by atoms with Crippen molar-refractivity contribution in [2.75, 3.05) is 50.1 Å². The molecule has 2 aromatic heterocycles. The van der Waals surface area contributed by atoms with Crippen molar-refractivity contribution >= 4 is 39.7 Å². The third-order valence-electron chi connectivity index (χ3n) is 5.34. The summed E-state index contributed by atoms with van der Waals surface area (Å²) in [7, 11) is 2.11. The zero-order chi connectivity index (χ0) is 22.9. The quantitative estimate of drug-likeness (QED) is 0.607. The minimum absolute atomic E-state index is 0.0208. The maximum atomic E-state index is 12.7. The molecule has 3 heterocycles. The number of carbonyl (C=O) groups is 1. The second-order valence-corrected chi connectivity index (χ2v) is 8.71. The predicted molar refractivity (Wildman–Crippen MR) is 120 cm³/mol. The summed E-state index contributed by atoms with van der Waals surface area (Å²) in [5.41, 5.74) is 2.46. The molecule has 4 rings (SSSR count). The Labute approximate surface area is 187 Å². The molecular weight excluding hydrogens is 441 g/mol. The minimum Gasteiger partial charge on any atom is -0.483 e. The first-order valence-corrected chi connectivity index (χ1v) is 11.0. The maximum absolute atomic E-state index is 12.7. The van der Waals surface area contributed by atoms with E-state index >= 15 is 0 Å². The van der Waals surface area contributed by atoms with E-state index < -0.39 is 17.0 Å². The number of pyridine rings is 1. The lowest BCUT2D eigenvalue weighted by Gasteiger charge is -2.33. The normalized spacial score (nSPS) is 15.2. The summed E-state index contributed by atoms with van der Waals surface area (Å²) in [6.07, 6.45) is -4.42. The van der Waals surface area contributed by atoms with Crippen LogP contribution >= 0.6 is 11.3 Å². The highest BCUT2D eigenvalue weighted by Gasteiger charge is 2.32. The van der Waals surface area contributed by atoms with Gasteiger partial charge >= 0.3 is 6.18 Å². The van der Waals surface area contributed by atoms with Gasteiger partial charge in [0.1, 0.15) is 16.4 Å². The summed E-state index contributed by atoms with van der Waals surface area (Å²) in [6.45, 7) is 5.47. The molecule has 3 aromatic rings. The number of amides is 1. The van der Waals surface area contributed by atoms with Crippen LogP contribution in [0.4, 0.5) is 24.7 Å². The van der Waals surface area contributed by atoms with Crippen molar-refractivity contribution in [3.63, 3.8) is 0 Å². The van der Waals surface area contributed by atoms with Gasteiger partial charge in [-0.25, -0.2) is 4.98 Å². The molecule has 1 saturated heterocycles. The van der Waals surface area contributed by atoms with Crippen molar-refractivity contribution in [1.82, 2.24) is 9.88 Å². The van der Waals surface area contributed by atoms with Gasteiger partial charge in [0.2, 0.25) is 0 Å². The second-order valence-electron chi connectivity index (χ2n) is 7.80. The number of carbonyl (C=O) groups excluding carboxylic acids is 1. The Kier molecular flexibility index (Phi) is 6.25. The zero-order valence-electron chi connectivity index (χ0n) is 17.7. The first-order chi connectivity index (χ1) is 15.2. The van der Waals surface area contributed by atoms with Crippen LogP contribution < -0.4 is 15.0 Å². The van der Waals surface area contributed by atoms with Crippen LogP contribution in [0.3, 0.4) is 0 Å². The summed E-state index contributed by atoms with van der Waals surface area (Å²) in [5.74, 6) is 0.513. The van der Waals surface area contributed by atoms with E-state index in [4.69, 9.17) is 9.72 Å². The average molecular weight is 465 g/mol. The van der Waals surface area contributed by atoms with E-state index in [1.807, 2.05) is 19.1 Å². The Bertz CT molecular complexity index is 1120. The highest BCUT2D eigenvalue weighted by Crippen LogP contribution is 2.36. The SMILES string of the molecule is Cc1cc(N2CCN(C)CC2)nc2ccc(NC(=O)COc3csc(C(F)(F)F)c3)cc12. The van der Waals surface area contributed by atoms with E-state index in [2.05, 4.69) is 28.2 Å². The van der Waals surface area contributed by atoms with Crippen LogP contribution in [-0.4, -0.2) is 55.6 Å². The Hall–Kier alpha value is -2.85. The van der Waals surface area contributed by atoms with Gasteiger partial charge < -0.3 is 19.9 Å². The predicted octanol–water partition coefficient (Wildman–Crippen LogP) is 4.39. The number of halogens is 3. The number of likely N-dealkylation sites (N-methyl/N-ethyl adjacent to an activating group) is 1. The van der Waals surface area contributed by atoms with Crippen molar-refractivity contribution in [1.29, 1.82) is 0 Å². The largest absolute Gasteiger partial charge is 0.483 e. The third-order valence-corrected chi connectivity index (χ3v) is 6.29. The number of nitrogens with one attached hydrogen (secondary N) is 1. The van der Waals surface area contributed by atoms with Crippen molar-refractivity contribution in [2.24, 2.45) is 0 Å². The molecule has 10 heteroatoms. The fourth-order valence-electron chi connectivity index (χ4n) is 3.54. The van der Waals surface area contributed by atoms with Gasteiger partial charge in [0, 0.05) is 48.7 Å². The monoisotopic (exact) mass is 464 g/mol. The number of thiophene rings is 1. The van der Waals surface area contributed by atoms with Crippen molar-refractivity contribution in [3.05, 3.63) is 46.2 Å². The molecule has 1 fully saturated rings. The Morgan fingerprint density at radius 3 is 2.62 bits per heavy atom. The van der Waals surface area contributed by atoms with Crippen LogP contribution in [0.25, 0.3) is 10.9 Å². The number of alkyl halides is 3. The lowest BCUT2D eigenvalue weighted by atomic mass is 10.1. The van der Waals surface area contributed by atoms with Crippen LogP contribution in [0, 0.1) is 6.92 Å². The standard InChI is InChI=1S/C22H23F3N4O2S/c1-14-9-20(29-7-5-28(2)6-8-29)27-18-4-3-15(10-17(14)18)26-21(30)12-31-16-11-19(32-13-16)22(23,24)25/h3-4,9-11,13H,5-8,12H2,1-2H3,(H,26,30). The van der Waals surface area contributed by atoms with Crippen LogP contribution in [0.5, 0.6) is 5.75 Å². The summed E-state index contributed by atoms with van der Waals surface area (Å²) in [5, 5.41) is 4.89. The fraction of sp³-hybridized carbons (Fsp3) is 0.364. The number of benzene rings is 1. The fourth-order valence-corrected chi connectivity index (χ4v) is 4.24. The third kappa shape index (κ3) is 5.13. The van der Waals surface area contributed by atoms with Crippen molar-refractivity contribution in [3.8, 4) is 5.75 Å². The van der Waals surface area contributed by atoms with Gasteiger partial charge in [-0.3, -0.25) is 4.79 Å². The van der Waals surface area contributed by atoms with Gasteiger partial charge in [-0.15, -0.1) is 11.3 Å². The number of aryl methyl sites for hydroxylation is 1. The van der Waals surface area contributed by atoms with E-state index in [1.165, 1.54) is 5.38 Å². The van der Waals surface area contributed by atoms with Crippen LogP contribution in [0.2, 0.25) is 0 Å². The molecule has 1 aliphatic heterocycles. The van der Waals surface area contributed by atoms with Crippen LogP contribution in [0.15, 0.2) is 35.7 Å². The summed E-state index contributed by atoms with van der Waals surface area (Å²) in [4.78, 5) is 20.8. The van der Waals surface area contributed by atoms with Crippen LogP contribution in [0.1, 0.15) is 10.4 Å². The number of hydrogen-bond acceptors (Lipinski definition) is 6. The topological polar surface area (TPSA) is 57.7 Å². The molecule has 1 amide bonds. The molecule has 0 unspecified atom stereocenters. The number of rotatable bonds is 5.